The van der Waals surface area contributed by atoms with Gasteiger partial charge < -0.3 is 0 Å². The van der Waals surface area contributed by atoms with Gasteiger partial charge in [-0.05, 0) is 6.07 Å². The first-order valence-electron chi connectivity index (χ1n) is 6.71. The average molecular weight is 284 g/mol. The van der Waals surface area contributed by atoms with E-state index in [2.05, 4.69) is 25.6 Å². The molecule has 1 amide bonds. The highest BCUT2D eigenvalue weighted by Gasteiger charge is 2.17. The van der Waals surface area contributed by atoms with Gasteiger partial charge in [-0.15, -0.1) is 5.10 Å². The van der Waals surface area contributed by atoms with Gasteiger partial charge in [0.2, 0.25) is 5.95 Å². The van der Waals surface area contributed by atoms with E-state index in [-0.39, 0.29) is 17.8 Å². The summed E-state index contributed by atoms with van der Waals surface area (Å²) in [5.74, 6) is 0.898. The summed E-state index contributed by atoms with van der Waals surface area (Å²) in [6.45, 7) is 4.00. The van der Waals surface area contributed by atoms with Gasteiger partial charge in [0, 0.05) is 18.4 Å². The number of carbonyl (C=O) groups excluding carboxylic acids is 1. The summed E-state index contributed by atoms with van der Waals surface area (Å²) < 4.78 is 1.68. The van der Waals surface area contributed by atoms with Crippen molar-refractivity contribution in [3.05, 3.63) is 35.8 Å². The minimum atomic E-state index is -0.318. The molecule has 0 aliphatic carbocycles. The lowest BCUT2D eigenvalue weighted by Gasteiger charge is -1.98. The Morgan fingerprint density at radius 3 is 2.81 bits per heavy atom. The molecule has 0 fully saturated rings. The van der Waals surface area contributed by atoms with Crippen molar-refractivity contribution in [3.8, 4) is 0 Å². The second-order valence-corrected chi connectivity index (χ2v) is 5.14. The molecule has 2 heterocycles. The number of hydrogen-bond donors (Lipinski definition) is 2. The van der Waals surface area contributed by atoms with Crippen LogP contribution < -0.4 is 5.32 Å². The number of nitrogens with zero attached hydrogens (tertiary/aromatic N) is 4. The number of benzene rings is 1. The number of amides is 1. The zero-order valence-electron chi connectivity index (χ0n) is 12.1. The van der Waals surface area contributed by atoms with Crippen LogP contribution in [0.1, 0.15) is 36.1 Å². The van der Waals surface area contributed by atoms with E-state index < -0.39 is 0 Å². The third-order valence-corrected chi connectivity index (χ3v) is 3.25. The van der Waals surface area contributed by atoms with Crippen molar-refractivity contribution in [2.75, 3.05) is 5.32 Å². The Kier molecular flexibility index (Phi) is 3.17. The lowest BCUT2D eigenvalue weighted by molar-refractivity contribution is 0.102. The highest BCUT2D eigenvalue weighted by molar-refractivity contribution is 6.10. The molecule has 0 aliphatic rings. The molecule has 3 aromatic rings. The minimum Gasteiger partial charge on any atom is -0.288 e. The Hall–Kier alpha value is -2.70. The van der Waals surface area contributed by atoms with Crippen molar-refractivity contribution in [2.45, 2.75) is 19.8 Å². The largest absolute Gasteiger partial charge is 0.288 e. The Labute approximate surface area is 121 Å². The van der Waals surface area contributed by atoms with Gasteiger partial charge in [-0.2, -0.15) is 10.1 Å². The molecular formula is C14H16N6O. The van der Waals surface area contributed by atoms with E-state index in [1.807, 2.05) is 45.2 Å². The van der Waals surface area contributed by atoms with E-state index in [1.165, 1.54) is 0 Å². The number of para-hydroxylation sites is 1. The third kappa shape index (κ3) is 2.37. The van der Waals surface area contributed by atoms with Gasteiger partial charge in [0.25, 0.3) is 5.91 Å². The SMILES string of the molecule is CC(C)c1nc(NC(=O)c2nn(C)c3ccccc23)n[nH]1. The van der Waals surface area contributed by atoms with Crippen LogP contribution in [0.4, 0.5) is 5.95 Å². The standard InChI is InChI=1S/C14H16N6O/c1-8(2)12-15-14(18-17-12)16-13(21)11-9-6-4-5-7-10(9)20(3)19-11/h4-8H,1-3H3,(H2,15,16,17,18,21). The monoisotopic (exact) mass is 284 g/mol. The van der Waals surface area contributed by atoms with E-state index in [0.29, 0.717) is 5.69 Å². The number of carbonyl (C=O) groups is 1. The molecule has 2 aromatic heterocycles. The lowest BCUT2D eigenvalue weighted by atomic mass is 10.2. The van der Waals surface area contributed by atoms with Gasteiger partial charge in [-0.25, -0.2) is 0 Å². The van der Waals surface area contributed by atoms with Crippen LogP contribution in [0.2, 0.25) is 0 Å². The molecule has 0 saturated heterocycles. The molecule has 0 bridgehead atoms. The third-order valence-electron chi connectivity index (χ3n) is 3.25. The Morgan fingerprint density at radius 1 is 1.33 bits per heavy atom. The first-order chi connectivity index (χ1) is 10.1. The molecule has 0 aliphatic heterocycles. The fourth-order valence-electron chi connectivity index (χ4n) is 2.13. The van der Waals surface area contributed by atoms with Crippen LogP contribution in [0.15, 0.2) is 24.3 Å². The Balaban J connectivity index is 1.90. The number of rotatable bonds is 3. The van der Waals surface area contributed by atoms with E-state index in [4.69, 9.17) is 0 Å². The first-order valence-corrected chi connectivity index (χ1v) is 6.71. The molecule has 7 heteroatoms. The van der Waals surface area contributed by atoms with Crippen molar-refractivity contribution in [1.29, 1.82) is 0 Å². The lowest BCUT2D eigenvalue weighted by Crippen LogP contribution is -2.14. The smallest absolute Gasteiger partial charge is 0.279 e. The van der Waals surface area contributed by atoms with Crippen LogP contribution in [0.5, 0.6) is 0 Å². The van der Waals surface area contributed by atoms with E-state index in [0.717, 1.165) is 16.7 Å². The van der Waals surface area contributed by atoms with Gasteiger partial charge >= 0.3 is 0 Å². The molecular weight excluding hydrogens is 268 g/mol. The number of aromatic amines is 1. The summed E-state index contributed by atoms with van der Waals surface area (Å²) in [7, 11) is 1.81. The zero-order valence-corrected chi connectivity index (χ0v) is 12.1. The fraction of sp³-hybridized carbons (Fsp3) is 0.286. The molecule has 3 rings (SSSR count). The Morgan fingerprint density at radius 2 is 2.10 bits per heavy atom. The van der Waals surface area contributed by atoms with Gasteiger partial charge in [0.15, 0.2) is 5.69 Å². The van der Waals surface area contributed by atoms with Crippen molar-refractivity contribution >= 4 is 22.8 Å². The number of H-pyrrole nitrogens is 1. The van der Waals surface area contributed by atoms with Crippen molar-refractivity contribution in [1.82, 2.24) is 25.0 Å². The first kappa shape index (κ1) is 13.3. The molecule has 0 atom stereocenters. The van der Waals surface area contributed by atoms with Gasteiger partial charge in [-0.3, -0.25) is 19.9 Å². The second-order valence-electron chi connectivity index (χ2n) is 5.14. The van der Waals surface area contributed by atoms with Gasteiger partial charge in [0.05, 0.1) is 5.52 Å². The normalized spacial score (nSPS) is 11.2. The van der Waals surface area contributed by atoms with E-state index >= 15 is 0 Å². The van der Waals surface area contributed by atoms with E-state index in [9.17, 15) is 4.79 Å². The molecule has 108 valence electrons. The maximum absolute atomic E-state index is 12.3. The van der Waals surface area contributed by atoms with Crippen LogP contribution in [0.25, 0.3) is 10.9 Å². The summed E-state index contributed by atoms with van der Waals surface area (Å²) in [6, 6.07) is 7.58. The summed E-state index contributed by atoms with van der Waals surface area (Å²) in [5, 5.41) is 14.5. The maximum Gasteiger partial charge on any atom is 0.279 e. The molecule has 0 unspecified atom stereocenters. The second kappa shape index (κ2) is 5.01. The van der Waals surface area contributed by atoms with Crippen LogP contribution in [-0.2, 0) is 7.05 Å². The molecule has 1 aromatic carbocycles. The maximum atomic E-state index is 12.3. The van der Waals surface area contributed by atoms with Crippen LogP contribution in [0, 0.1) is 0 Å². The number of hydrogen-bond acceptors (Lipinski definition) is 4. The average Bonchev–Trinajstić information content (AvgIpc) is 3.05. The van der Waals surface area contributed by atoms with Crippen LogP contribution >= 0.6 is 0 Å². The number of aryl methyl sites for hydroxylation is 1. The number of aromatic nitrogens is 5. The highest BCUT2D eigenvalue weighted by Crippen LogP contribution is 2.18. The molecule has 0 radical (unpaired) electrons. The van der Waals surface area contributed by atoms with E-state index in [1.54, 1.807) is 4.68 Å². The summed E-state index contributed by atoms with van der Waals surface area (Å²) in [5.41, 5.74) is 1.27. The van der Waals surface area contributed by atoms with Gasteiger partial charge in [-0.1, -0.05) is 32.0 Å². The van der Waals surface area contributed by atoms with Crippen molar-refractivity contribution < 1.29 is 4.79 Å². The van der Waals surface area contributed by atoms with Crippen molar-refractivity contribution in [3.63, 3.8) is 0 Å². The summed E-state index contributed by atoms with van der Waals surface area (Å²) in [4.78, 5) is 16.6. The van der Waals surface area contributed by atoms with Crippen molar-refractivity contribution in [2.24, 2.45) is 7.05 Å². The van der Waals surface area contributed by atoms with Crippen LogP contribution in [-0.4, -0.2) is 30.9 Å². The summed E-state index contributed by atoms with van der Waals surface area (Å²) >= 11 is 0. The molecule has 2 N–H and O–H groups in total. The fourth-order valence-corrected chi connectivity index (χ4v) is 2.13. The molecule has 21 heavy (non-hydrogen) atoms. The minimum absolute atomic E-state index is 0.221. The number of anilines is 1. The van der Waals surface area contributed by atoms with Gasteiger partial charge in [0.1, 0.15) is 5.82 Å². The highest BCUT2D eigenvalue weighted by atomic mass is 16.2. The Bertz CT molecular complexity index is 801. The molecule has 0 spiro atoms. The number of fused-ring (bicyclic) bond motifs is 1. The topological polar surface area (TPSA) is 88.5 Å². The predicted molar refractivity (Wildman–Crippen MR) is 79.1 cm³/mol. The predicted octanol–water partition coefficient (Wildman–Crippen LogP) is 2.07. The summed E-state index contributed by atoms with van der Waals surface area (Å²) in [6.07, 6.45) is 0. The van der Waals surface area contributed by atoms with Crippen LogP contribution in [0.3, 0.4) is 0 Å². The number of nitrogens with one attached hydrogen (secondary N) is 2. The zero-order chi connectivity index (χ0) is 15.0. The quantitative estimate of drug-likeness (QED) is 0.770. The molecule has 7 nitrogen and oxygen atoms in total. The molecule has 0 saturated carbocycles.